The molecule has 0 spiro atoms. The number of aromatic nitrogens is 1. The summed E-state index contributed by atoms with van der Waals surface area (Å²) in [5.74, 6) is -0.318. The Bertz CT molecular complexity index is 1020. The Balaban J connectivity index is 2.10. The number of nitrogens with zero attached hydrogens (tertiary/aromatic N) is 1. The summed E-state index contributed by atoms with van der Waals surface area (Å²) in [7, 11) is 1.90. The minimum absolute atomic E-state index is 0.318. The minimum Gasteiger partial charge on any atom is -0.444 e. The molecule has 0 saturated heterocycles. The van der Waals surface area contributed by atoms with Crippen LogP contribution in [0.1, 0.15) is 26.3 Å². The molecule has 0 bridgehead atoms. The average molecular weight is 405 g/mol. The first kappa shape index (κ1) is 19.6. The smallest absolute Gasteiger partial charge is 0.413 e. The Kier molecular flexibility index (Phi) is 5.44. The van der Waals surface area contributed by atoms with Crippen LogP contribution in [-0.2, 0) is 11.1 Å². The SMILES string of the molecule is BCc1cc2sc(NC(=O)OC(C)(C)C)nc2c(-c2cccc(Cl)c2)c1F. The van der Waals surface area contributed by atoms with Gasteiger partial charge < -0.3 is 4.74 Å². The van der Waals surface area contributed by atoms with Crippen molar-refractivity contribution >= 4 is 52.2 Å². The van der Waals surface area contributed by atoms with E-state index in [0.717, 1.165) is 4.70 Å². The van der Waals surface area contributed by atoms with E-state index in [1.54, 1.807) is 51.1 Å². The lowest BCUT2D eigenvalue weighted by Gasteiger charge is -2.18. The van der Waals surface area contributed by atoms with E-state index in [2.05, 4.69) is 10.3 Å². The van der Waals surface area contributed by atoms with E-state index in [1.165, 1.54) is 11.3 Å². The number of nitrogens with one attached hydrogen (secondary N) is 1. The fourth-order valence-electron chi connectivity index (χ4n) is 2.70. The maximum absolute atomic E-state index is 15.1. The number of carbonyl (C=O) groups excluding carboxylic acids is 1. The van der Waals surface area contributed by atoms with Crippen LogP contribution in [0.15, 0.2) is 30.3 Å². The van der Waals surface area contributed by atoms with Crippen LogP contribution in [0.5, 0.6) is 0 Å². The molecule has 0 aliphatic rings. The summed E-state index contributed by atoms with van der Waals surface area (Å²) in [6.45, 7) is 5.35. The van der Waals surface area contributed by atoms with E-state index >= 15 is 4.39 Å². The van der Waals surface area contributed by atoms with Crippen LogP contribution < -0.4 is 5.32 Å². The highest BCUT2D eigenvalue weighted by atomic mass is 35.5. The summed E-state index contributed by atoms with van der Waals surface area (Å²) >= 11 is 7.37. The zero-order valence-corrected chi connectivity index (χ0v) is 17.1. The first-order chi connectivity index (χ1) is 12.7. The van der Waals surface area contributed by atoms with Crippen molar-refractivity contribution in [1.82, 2.24) is 4.98 Å². The Morgan fingerprint density at radius 2 is 2.11 bits per heavy atom. The molecule has 1 heterocycles. The predicted octanol–water partition coefficient (Wildman–Crippen LogP) is 5.24. The van der Waals surface area contributed by atoms with E-state index in [4.69, 9.17) is 16.3 Å². The average Bonchev–Trinajstić information content (AvgIpc) is 2.93. The highest BCUT2D eigenvalue weighted by Gasteiger charge is 2.21. The molecule has 0 aliphatic carbocycles. The number of rotatable bonds is 3. The number of ether oxygens (including phenoxy) is 1. The lowest BCUT2D eigenvalue weighted by molar-refractivity contribution is 0.0636. The highest BCUT2D eigenvalue weighted by Crippen LogP contribution is 2.38. The molecular formula is C19H19BClFN2O2S. The second-order valence-corrected chi connectivity index (χ2v) is 8.55. The van der Waals surface area contributed by atoms with Crippen LogP contribution in [0.3, 0.4) is 0 Å². The third-order valence-electron chi connectivity index (χ3n) is 3.80. The normalized spacial score (nSPS) is 11.6. The fourth-order valence-corrected chi connectivity index (χ4v) is 3.82. The molecule has 0 fully saturated rings. The van der Waals surface area contributed by atoms with Crippen LogP contribution in [0.2, 0.25) is 5.02 Å². The number of amides is 1. The lowest BCUT2D eigenvalue weighted by Crippen LogP contribution is -2.27. The van der Waals surface area contributed by atoms with Crippen molar-refractivity contribution < 1.29 is 13.9 Å². The zero-order valence-electron chi connectivity index (χ0n) is 15.5. The van der Waals surface area contributed by atoms with E-state index in [9.17, 15) is 4.79 Å². The molecule has 0 atom stereocenters. The molecule has 140 valence electrons. The molecule has 27 heavy (non-hydrogen) atoms. The molecule has 0 unspecified atom stereocenters. The molecule has 1 amide bonds. The second kappa shape index (κ2) is 7.48. The summed E-state index contributed by atoms with van der Waals surface area (Å²) in [5, 5.41) is 3.51. The number of hydrogen-bond acceptors (Lipinski definition) is 4. The van der Waals surface area contributed by atoms with Gasteiger partial charge in [0.05, 0.1) is 10.2 Å². The van der Waals surface area contributed by atoms with Gasteiger partial charge in [0.1, 0.15) is 19.3 Å². The van der Waals surface area contributed by atoms with Gasteiger partial charge >= 0.3 is 6.09 Å². The summed E-state index contributed by atoms with van der Waals surface area (Å²) in [6.07, 6.45) is -0.0516. The summed E-state index contributed by atoms with van der Waals surface area (Å²) in [4.78, 5) is 16.5. The van der Waals surface area contributed by atoms with Crippen LogP contribution in [0, 0.1) is 5.82 Å². The fraction of sp³-hybridized carbons (Fsp3) is 0.263. The van der Waals surface area contributed by atoms with Crippen LogP contribution >= 0.6 is 22.9 Å². The van der Waals surface area contributed by atoms with Gasteiger partial charge in [-0.3, -0.25) is 5.32 Å². The molecule has 1 N–H and O–H groups in total. The first-order valence-corrected chi connectivity index (χ1v) is 9.75. The number of fused-ring (bicyclic) bond motifs is 1. The van der Waals surface area contributed by atoms with Gasteiger partial charge in [0.2, 0.25) is 0 Å². The Morgan fingerprint density at radius 1 is 1.37 bits per heavy atom. The minimum atomic E-state index is -0.617. The number of halogens is 2. The predicted molar refractivity (Wildman–Crippen MR) is 112 cm³/mol. The van der Waals surface area contributed by atoms with Crippen molar-refractivity contribution in [3.63, 3.8) is 0 Å². The molecule has 0 saturated carbocycles. The standard InChI is InChI=1S/C19H19BClFN2O2S/c1-19(2,3)26-18(25)24-17-23-16-13(27-17)8-11(9-20)15(22)14(16)10-5-4-6-12(21)7-10/h4-8H,9,20H2,1-3H3,(H,23,24,25). The van der Waals surface area contributed by atoms with Crippen LogP contribution in [0.4, 0.5) is 14.3 Å². The van der Waals surface area contributed by atoms with E-state index in [-0.39, 0.29) is 5.82 Å². The van der Waals surface area contributed by atoms with Crippen molar-refractivity contribution in [3.05, 3.63) is 46.7 Å². The first-order valence-electron chi connectivity index (χ1n) is 8.56. The molecule has 0 radical (unpaired) electrons. The number of benzene rings is 2. The second-order valence-electron chi connectivity index (χ2n) is 7.08. The largest absolute Gasteiger partial charge is 0.444 e. The summed E-state index contributed by atoms with van der Waals surface area (Å²) in [6, 6.07) is 8.79. The molecule has 1 aromatic heterocycles. The maximum Gasteiger partial charge on any atom is 0.413 e. The summed E-state index contributed by atoms with van der Waals surface area (Å²) in [5.41, 5.74) is 1.50. The third-order valence-corrected chi connectivity index (χ3v) is 4.95. The monoisotopic (exact) mass is 404 g/mol. The molecule has 2 aromatic carbocycles. The molecule has 8 heteroatoms. The molecule has 3 aromatic rings. The van der Waals surface area contributed by atoms with Crippen LogP contribution in [-0.4, -0.2) is 24.5 Å². The van der Waals surface area contributed by atoms with Crippen molar-refractivity contribution in [2.24, 2.45) is 0 Å². The zero-order chi connectivity index (χ0) is 19.8. The van der Waals surface area contributed by atoms with E-state index in [0.29, 0.717) is 38.7 Å². The van der Waals surface area contributed by atoms with Gasteiger partial charge in [-0.1, -0.05) is 41.4 Å². The summed E-state index contributed by atoms with van der Waals surface area (Å²) < 4.78 is 21.2. The van der Waals surface area contributed by atoms with Crippen molar-refractivity contribution in [2.75, 3.05) is 5.32 Å². The third kappa shape index (κ3) is 4.42. The number of hydrogen-bond donors (Lipinski definition) is 1. The van der Waals surface area contributed by atoms with Gasteiger partial charge in [0, 0.05) is 10.6 Å². The van der Waals surface area contributed by atoms with Gasteiger partial charge in [-0.15, -0.1) is 0 Å². The lowest BCUT2D eigenvalue weighted by atomic mass is 9.92. The van der Waals surface area contributed by atoms with Gasteiger partial charge in [0.25, 0.3) is 0 Å². The topological polar surface area (TPSA) is 51.2 Å². The van der Waals surface area contributed by atoms with Gasteiger partial charge in [-0.05, 0) is 50.1 Å². The maximum atomic E-state index is 15.1. The van der Waals surface area contributed by atoms with Gasteiger partial charge in [0.15, 0.2) is 5.13 Å². The van der Waals surface area contributed by atoms with Crippen LogP contribution in [0.25, 0.3) is 21.3 Å². The number of carbonyl (C=O) groups is 1. The number of anilines is 1. The molecule has 0 aliphatic heterocycles. The van der Waals surface area contributed by atoms with Crippen molar-refractivity contribution in [3.8, 4) is 11.1 Å². The Morgan fingerprint density at radius 3 is 2.74 bits per heavy atom. The number of thiazole rings is 1. The molecular weight excluding hydrogens is 386 g/mol. The Hall–Kier alpha value is -2.12. The quantitative estimate of drug-likeness (QED) is 0.608. The van der Waals surface area contributed by atoms with Gasteiger partial charge in [-0.2, -0.15) is 0 Å². The molecule has 3 rings (SSSR count). The molecule has 4 nitrogen and oxygen atoms in total. The van der Waals surface area contributed by atoms with Crippen molar-refractivity contribution in [1.29, 1.82) is 0 Å². The highest BCUT2D eigenvalue weighted by molar-refractivity contribution is 7.22. The van der Waals surface area contributed by atoms with E-state index in [1.807, 2.05) is 7.85 Å². The Labute approximate surface area is 167 Å². The van der Waals surface area contributed by atoms with Crippen molar-refractivity contribution in [2.45, 2.75) is 32.7 Å². The van der Waals surface area contributed by atoms with E-state index < -0.39 is 11.7 Å². The van der Waals surface area contributed by atoms with Gasteiger partial charge in [-0.25, -0.2) is 14.2 Å².